The van der Waals surface area contributed by atoms with Gasteiger partial charge in [0.05, 0.1) is 7.11 Å². The van der Waals surface area contributed by atoms with Gasteiger partial charge in [0.2, 0.25) is 0 Å². The van der Waals surface area contributed by atoms with Crippen LogP contribution >= 0.6 is 0 Å². The molecule has 0 spiro atoms. The van der Waals surface area contributed by atoms with Gasteiger partial charge in [-0.25, -0.2) is 4.39 Å². The van der Waals surface area contributed by atoms with Crippen molar-refractivity contribution in [3.8, 4) is 16.9 Å². The van der Waals surface area contributed by atoms with Crippen LogP contribution in [0.25, 0.3) is 11.1 Å². The van der Waals surface area contributed by atoms with Crippen LogP contribution in [0.3, 0.4) is 0 Å². The standard InChI is InChI=1S/C18H22FNO/c1-4-9-20-12-14-10-16(21-3)7-8-17(14)18-11-15(19)6-5-13(18)2/h5-8,10-11,20H,4,9,12H2,1-3H3. The number of nitrogens with one attached hydrogen (secondary N) is 1. The van der Waals surface area contributed by atoms with Crippen molar-refractivity contribution < 1.29 is 9.13 Å². The van der Waals surface area contributed by atoms with Crippen molar-refractivity contribution >= 4 is 0 Å². The lowest BCUT2D eigenvalue weighted by Gasteiger charge is -2.14. The summed E-state index contributed by atoms with van der Waals surface area (Å²) in [5.74, 6) is 0.611. The molecule has 0 atom stereocenters. The Hall–Kier alpha value is -1.87. The van der Waals surface area contributed by atoms with Crippen molar-refractivity contribution in [2.75, 3.05) is 13.7 Å². The molecule has 21 heavy (non-hydrogen) atoms. The van der Waals surface area contributed by atoms with E-state index in [4.69, 9.17) is 4.74 Å². The Morgan fingerprint density at radius 2 is 1.90 bits per heavy atom. The van der Waals surface area contributed by atoms with Gasteiger partial charge in [-0.05, 0) is 66.4 Å². The molecule has 0 saturated heterocycles. The third-order valence-electron chi connectivity index (χ3n) is 3.54. The van der Waals surface area contributed by atoms with Gasteiger partial charge in [-0.2, -0.15) is 0 Å². The smallest absolute Gasteiger partial charge is 0.123 e. The maximum atomic E-state index is 13.6. The van der Waals surface area contributed by atoms with Gasteiger partial charge in [-0.3, -0.25) is 0 Å². The monoisotopic (exact) mass is 287 g/mol. The molecule has 0 bridgehead atoms. The molecule has 0 aliphatic rings. The van der Waals surface area contributed by atoms with Gasteiger partial charge in [0.25, 0.3) is 0 Å². The molecule has 0 fully saturated rings. The zero-order chi connectivity index (χ0) is 15.2. The van der Waals surface area contributed by atoms with Gasteiger partial charge in [-0.15, -0.1) is 0 Å². The van der Waals surface area contributed by atoms with Crippen molar-refractivity contribution in [2.24, 2.45) is 0 Å². The molecule has 0 aliphatic heterocycles. The normalized spacial score (nSPS) is 10.7. The van der Waals surface area contributed by atoms with Crippen LogP contribution in [-0.2, 0) is 6.54 Å². The minimum Gasteiger partial charge on any atom is -0.497 e. The summed E-state index contributed by atoms with van der Waals surface area (Å²) >= 11 is 0. The van der Waals surface area contributed by atoms with E-state index in [9.17, 15) is 4.39 Å². The van der Waals surface area contributed by atoms with Crippen LogP contribution in [0.2, 0.25) is 0 Å². The topological polar surface area (TPSA) is 21.3 Å². The van der Waals surface area contributed by atoms with Crippen molar-refractivity contribution in [1.82, 2.24) is 5.32 Å². The molecular weight excluding hydrogens is 265 g/mol. The molecule has 112 valence electrons. The summed E-state index contributed by atoms with van der Waals surface area (Å²) in [7, 11) is 1.66. The van der Waals surface area contributed by atoms with E-state index < -0.39 is 0 Å². The number of rotatable bonds is 6. The average Bonchev–Trinajstić information content (AvgIpc) is 2.50. The maximum Gasteiger partial charge on any atom is 0.123 e. The van der Waals surface area contributed by atoms with Crippen LogP contribution in [0.1, 0.15) is 24.5 Å². The molecule has 0 unspecified atom stereocenters. The van der Waals surface area contributed by atoms with E-state index in [1.165, 1.54) is 6.07 Å². The molecule has 0 aliphatic carbocycles. The molecule has 2 aromatic carbocycles. The maximum absolute atomic E-state index is 13.6. The minimum atomic E-state index is -0.209. The first-order chi connectivity index (χ1) is 10.2. The first-order valence-corrected chi connectivity index (χ1v) is 7.30. The molecule has 2 nitrogen and oxygen atoms in total. The Labute approximate surface area is 126 Å². The Balaban J connectivity index is 2.43. The van der Waals surface area contributed by atoms with Crippen molar-refractivity contribution in [3.63, 3.8) is 0 Å². The third kappa shape index (κ3) is 3.82. The first kappa shape index (κ1) is 15.5. The van der Waals surface area contributed by atoms with E-state index in [-0.39, 0.29) is 5.82 Å². The number of hydrogen-bond acceptors (Lipinski definition) is 2. The van der Waals surface area contributed by atoms with Crippen molar-refractivity contribution in [3.05, 3.63) is 53.3 Å². The zero-order valence-corrected chi connectivity index (χ0v) is 12.9. The van der Waals surface area contributed by atoms with Crippen LogP contribution in [-0.4, -0.2) is 13.7 Å². The number of halogens is 1. The van der Waals surface area contributed by atoms with E-state index in [1.807, 2.05) is 31.2 Å². The van der Waals surface area contributed by atoms with Crippen LogP contribution in [0.4, 0.5) is 4.39 Å². The fourth-order valence-corrected chi connectivity index (χ4v) is 2.39. The molecule has 2 aromatic rings. The number of hydrogen-bond donors (Lipinski definition) is 1. The number of methoxy groups -OCH3 is 1. The fourth-order valence-electron chi connectivity index (χ4n) is 2.39. The predicted molar refractivity (Wildman–Crippen MR) is 85.1 cm³/mol. The quantitative estimate of drug-likeness (QED) is 0.799. The number of aryl methyl sites for hydroxylation is 1. The van der Waals surface area contributed by atoms with Gasteiger partial charge in [0.1, 0.15) is 11.6 Å². The van der Waals surface area contributed by atoms with Gasteiger partial charge in [0.15, 0.2) is 0 Å². The molecule has 0 heterocycles. The largest absolute Gasteiger partial charge is 0.497 e. The lowest BCUT2D eigenvalue weighted by Crippen LogP contribution is -2.14. The van der Waals surface area contributed by atoms with Crippen molar-refractivity contribution in [2.45, 2.75) is 26.8 Å². The summed E-state index contributed by atoms with van der Waals surface area (Å²) < 4.78 is 18.9. The average molecular weight is 287 g/mol. The highest BCUT2D eigenvalue weighted by molar-refractivity contribution is 5.71. The number of benzene rings is 2. The Morgan fingerprint density at radius 1 is 1.10 bits per heavy atom. The summed E-state index contributed by atoms with van der Waals surface area (Å²) in [5, 5.41) is 3.40. The Kier molecular flexibility index (Phi) is 5.34. The van der Waals surface area contributed by atoms with Gasteiger partial charge in [0, 0.05) is 6.54 Å². The highest BCUT2D eigenvalue weighted by atomic mass is 19.1. The highest BCUT2D eigenvalue weighted by Gasteiger charge is 2.10. The van der Waals surface area contributed by atoms with E-state index >= 15 is 0 Å². The van der Waals surface area contributed by atoms with Crippen LogP contribution in [0, 0.1) is 12.7 Å². The van der Waals surface area contributed by atoms with Gasteiger partial charge < -0.3 is 10.1 Å². The molecule has 3 heteroatoms. The van der Waals surface area contributed by atoms with E-state index in [2.05, 4.69) is 12.2 Å². The van der Waals surface area contributed by atoms with Gasteiger partial charge >= 0.3 is 0 Å². The summed E-state index contributed by atoms with van der Waals surface area (Å²) in [6.45, 7) is 5.84. The summed E-state index contributed by atoms with van der Waals surface area (Å²) in [6, 6.07) is 10.9. The summed E-state index contributed by atoms with van der Waals surface area (Å²) in [6.07, 6.45) is 1.08. The third-order valence-corrected chi connectivity index (χ3v) is 3.54. The van der Waals surface area contributed by atoms with Gasteiger partial charge in [-0.1, -0.05) is 19.1 Å². The second kappa shape index (κ2) is 7.23. The summed E-state index contributed by atoms with van der Waals surface area (Å²) in [4.78, 5) is 0. The zero-order valence-electron chi connectivity index (χ0n) is 12.9. The highest BCUT2D eigenvalue weighted by Crippen LogP contribution is 2.30. The van der Waals surface area contributed by atoms with Crippen LogP contribution < -0.4 is 10.1 Å². The molecule has 0 amide bonds. The van der Waals surface area contributed by atoms with E-state index in [0.29, 0.717) is 0 Å². The van der Waals surface area contributed by atoms with Crippen LogP contribution in [0.15, 0.2) is 36.4 Å². The molecular formula is C18H22FNO. The second-order valence-electron chi connectivity index (χ2n) is 5.16. The lowest BCUT2D eigenvalue weighted by atomic mass is 9.95. The van der Waals surface area contributed by atoms with E-state index in [1.54, 1.807) is 13.2 Å². The Morgan fingerprint density at radius 3 is 2.62 bits per heavy atom. The Bertz CT molecular complexity index is 610. The minimum absolute atomic E-state index is 0.209. The first-order valence-electron chi connectivity index (χ1n) is 7.30. The van der Waals surface area contributed by atoms with Crippen LogP contribution in [0.5, 0.6) is 5.75 Å². The molecule has 0 radical (unpaired) electrons. The summed E-state index contributed by atoms with van der Waals surface area (Å²) in [5.41, 5.74) is 4.18. The second-order valence-corrected chi connectivity index (χ2v) is 5.16. The molecule has 2 rings (SSSR count). The fraction of sp³-hybridized carbons (Fsp3) is 0.333. The SMILES string of the molecule is CCCNCc1cc(OC)ccc1-c1cc(F)ccc1C. The predicted octanol–water partition coefficient (Wildman–Crippen LogP) is 4.31. The van der Waals surface area contributed by atoms with E-state index in [0.717, 1.165) is 47.5 Å². The van der Waals surface area contributed by atoms with Crippen molar-refractivity contribution in [1.29, 1.82) is 0 Å². The molecule has 0 saturated carbocycles. The lowest BCUT2D eigenvalue weighted by molar-refractivity contribution is 0.414. The molecule has 1 N–H and O–H groups in total. The number of ether oxygens (including phenoxy) is 1. The molecule has 0 aromatic heterocycles.